The molecule has 3 aromatic rings. The Labute approximate surface area is 162 Å². The fourth-order valence-corrected chi connectivity index (χ4v) is 2.92. The number of rotatable bonds is 7. The Kier molecular flexibility index (Phi) is 5.84. The van der Waals surface area contributed by atoms with E-state index in [9.17, 15) is 9.18 Å². The van der Waals surface area contributed by atoms with E-state index in [2.05, 4.69) is 5.32 Å². The molecule has 1 heterocycles. The first-order chi connectivity index (χ1) is 13.6. The molecule has 0 fully saturated rings. The predicted octanol–water partition coefficient (Wildman–Crippen LogP) is 3.61. The van der Waals surface area contributed by atoms with Gasteiger partial charge in [-0.05, 0) is 12.1 Å². The van der Waals surface area contributed by atoms with E-state index in [0.29, 0.717) is 34.3 Å². The minimum Gasteiger partial charge on any atom is -0.493 e. The maximum atomic E-state index is 13.9. The molecule has 1 N–H and O–H groups in total. The number of aromatic nitrogens is 1. The van der Waals surface area contributed by atoms with Crippen molar-refractivity contribution in [3.63, 3.8) is 0 Å². The average Bonchev–Trinajstić information content (AvgIpc) is 2.72. The van der Waals surface area contributed by atoms with Crippen LogP contribution in [0.25, 0.3) is 5.69 Å². The molecule has 0 atom stereocenters. The first-order valence-electron chi connectivity index (χ1n) is 8.58. The van der Waals surface area contributed by atoms with Crippen LogP contribution in [0.1, 0.15) is 5.56 Å². The minimum atomic E-state index is -0.312. The number of benzene rings is 2. The van der Waals surface area contributed by atoms with Crippen molar-refractivity contribution < 1.29 is 18.6 Å². The standard InChI is InChI=1S/C21H21FN2O4/c1-26-17-11-15(12-18(27-2)21(17)28-3)24-19(9-6-10-20(24)25)23-13-14-7-4-5-8-16(14)22/h4-12,23H,13H2,1-3H3. The predicted molar refractivity (Wildman–Crippen MR) is 105 cm³/mol. The van der Waals surface area contributed by atoms with Crippen molar-refractivity contribution >= 4 is 5.82 Å². The maximum Gasteiger partial charge on any atom is 0.256 e. The lowest BCUT2D eigenvalue weighted by Gasteiger charge is -2.18. The Bertz CT molecular complexity index is 1010. The van der Waals surface area contributed by atoms with E-state index in [4.69, 9.17) is 14.2 Å². The van der Waals surface area contributed by atoms with Crippen molar-refractivity contribution in [3.8, 4) is 22.9 Å². The summed E-state index contributed by atoms with van der Waals surface area (Å²) in [4.78, 5) is 12.6. The number of methoxy groups -OCH3 is 3. The largest absolute Gasteiger partial charge is 0.493 e. The van der Waals surface area contributed by atoms with Gasteiger partial charge in [0.15, 0.2) is 11.5 Å². The fourth-order valence-electron chi connectivity index (χ4n) is 2.92. The molecule has 0 unspecified atom stereocenters. The quantitative estimate of drug-likeness (QED) is 0.674. The maximum absolute atomic E-state index is 13.9. The Balaban J connectivity index is 2.05. The van der Waals surface area contributed by atoms with Crippen LogP contribution in [0.15, 0.2) is 59.4 Å². The van der Waals surface area contributed by atoms with Crippen molar-refractivity contribution in [2.75, 3.05) is 26.6 Å². The second kappa shape index (κ2) is 8.47. The number of ether oxygens (including phenoxy) is 3. The number of nitrogens with one attached hydrogen (secondary N) is 1. The Morgan fingerprint density at radius 2 is 1.61 bits per heavy atom. The molecule has 2 aromatic carbocycles. The van der Waals surface area contributed by atoms with Crippen molar-refractivity contribution in [2.45, 2.75) is 6.54 Å². The highest BCUT2D eigenvalue weighted by molar-refractivity contribution is 5.60. The lowest BCUT2D eigenvalue weighted by molar-refractivity contribution is 0.324. The average molecular weight is 384 g/mol. The molecule has 0 saturated heterocycles. The molecule has 0 amide bonds. The van der Waals surface area contributed by atoms with E-state index in [1.165, 1.54) is 38.0 Å². The van der Waals surface area contributed by atoms with Gasteiger partial charge in [0, 0.05) is 30.3 Å². The first-order valence-corrected chi connectivity index (χ1v) is 8.58. The summed E-state index contributed by atoms with van der Waals surface area (Å²) in [6.07, 6.45) is 0. The van der Waals surface area contributed by atoms with E-state index in [1.807, 2.05) is 0 Å². The molecular formula is C21H21FN2O4. The third-order valence-electron chi connectivity index (χ3n) is 4.28. The zero-order valence-corrected chi connectivity index (χ0v) is 15.9. The number of nitrogens with zero attached hydrogens (tertiary/aromatic N) is 1. The molecule has 7 heteroatoms. The van der Waals surface area contributed by atoms with Gasteiger partial charge >= 0.3 is 0 Å². The Morgan fingerprint density at radius 1 is 0.929 bits per heavy atom. The van der Waals surface area contributed by atoms with Crippen LogP contribution in [0.2, 0.25) is 0 Å². The zero-order chi connectivity index (χ0) is 20.1. The van der Waals surface area contributed by atoms with Crippen LogP contribution in [-0.4, -0.2) is 25.9 Å². The normalized spacial score (nSPS) is 10.4. The molecule has 3 rings (SSSR count). The molecule has 0 spiro atoms. The number of halogens is 1. The lowest BCUT2D eigenvalue weighted by Crippen LogP contribution is -2.21. The van der Waals surface area contributed by atoms with Crippen LogP contribution in [-0.2, 0) is 6.54 Å². The molecule has 6 nitrogen and oxygen atoms in total. The van der Waals surface area contributed by atoms with Crippen LogP contribution in [0.4, 0.5) is 10.2 Å². The van der Waals surface area contributed by atoms with Gasteiger partial charge in [-0.15, -0.1) is 0 Å². The fraction of sp³-hybridized carbons (Fsp3) is 0.190. The van der Waals surface area contributed by atoms with E-state index >= 15 is 0 Å². The summed E-state index contributed by atoms with van der Waals surface area (Å²) in [7, 11) is 4.52. The molecule has 146 valence electrons. The second-order valence-corrected chi connectivity index (χ2v) is 5.91. The number of hydrogen-bond acceptors (Lipinski definition) is 5. The van der Waals surface area contributed by atoms with Gasteiger partial charge < -0.3 is 19.5 Å². The van der Waals surface area contributed by atoms with E-state index < -0.39 is 0 Å². The summed E-state index contributed by atoms with van der Waals surface area (Å²) in [6.45, 7) is 0.223. The molecule has 0 bridgehead atoms. The summed E-state index contributed by atoms with van der Waals surface area (Å²) in [5, 5.41) is 3.12. The smallest absolute Gasteiger partial charge is 0.256 e. The van der Waals surface area contributed by atoms with Crippen LogP contribution < -0.4 is 25.1 Å². The van der Waals surface area contributed by atoms with Crippen molar-refractivity contribution in [3.05, 3.63) is 76.3 Å². The SMILES string of the molecule is COc1cc(-n2c(NCc3ccccc3F)cccc2=O)cc(OC)c1OC. The molecule has 28 heavy (non-hydrogen) atoms. The van der Waals surface area contributed by atoms with Crippen LogP contribution >= 0.6 is 0 Å². The summed E-state index contributed by atoms with van der Waals surface area (Å²) >= 11 is 0. The molecule has 0 aliphatic carbocycles. The lowest BCUT2D eigenvalue weighted by atomic mass is 10.2. The van der Waals surface area contributed by atoms with Gasteiger partial charge in [0.05, 0.1) is 27.0 Å². The van der Waals surface area contributed by atoms with Crippen molar-refractivity contribution in [1.29, 1.82) is 0 Å². The van der Waals surface area contributed by atoms with Gasteiger partial charge in [0.25, 0.3) is 5.56 Å². The first kappa shape index (κ1) is 19.3. The number of pyridine rings is 1. The monoisotopic (exact) mass is 384 g/mol. The molecule has 0 saturated carbocycles. The summed E-state index contributed by atoms with van der Waals surface area (Å²) < 4.78 is 31.5. The Morgan fingerprint density at radius 3 is 2.21 bits per heavy atom. The van der Waals surface area contributed by atoms with Crippen LogP contribution in [0, 0.1) is 5.82 Å². The molecule has 0 aliphatic heterocycles. The zero-order valence-electron chi connectivity index (χ0n) is 15.9. The van der Waals surface area contributed by atoms with Crippen molar-refractivity contribution in [2.24, 2.45) is 0 Å². The third-order valence-corrected chi connectivity index (χ3v) is 4.28. The topological polar surface area (TPSA) is 61.7 Å². The highest BCUT2D eigenvalue weighted by Gasteiger charge is 2.16. The van der Waals surface area contributed by atoms with E-state index in [1.54, 1.807) is 42.5 Å². The second-order valence-electron chi connectivity index (χ2n) is 5.91. The van der Waals surface area contributed by atoms with Crippen LogP contribution in [0.5, 0.6) is 17.2 Å². The highest BCUT2D eigenvalue weighted by atomic mass is 19.1. The van der Waals surface area contributed by atoms with Crippen LogP contribution in [0.3, 0.4) is 0 Å². The molecule has 1 aromatic heterocycles. The summed E-state index contributed by atoms with van der Waals surface area (Å²) in [6, 6.07) is 14.7. The summed E-state index contributed by atoms with van der Waals surface area (Å²) in [5.74, 6) is 1.47. The summed E-state index contributed by atoms with van der Waals surface area (Å²) in [5.41, 5.74) is 0.763. The molecule has 0 radical (unpaired) electrons. The molecule has 0 aliphatic rings. The van der Waals surface area contributed by atoms with Gasteiger partial charge in [0.1, 0.15) is 11.6 Å². The molecular weight excluding hydrogens is 363 g/mol. The van der Waals surface area contributed by atoms with E-state index in [-0.39, 0.29) is 17.9 Å². The van der Waals surface area contributed by atoms with Crippen molar-refractivity contribution in [1.82, 2.24) is 4.57 Å². The van der Waals surface area contributed by atoms with Gasteiger partial charge in [-0.25, -0.2) is 4.39 Å². The van der Waals surface area contributed by atoms with Gasteiger partial charge in [-0.2, -0.15) is 0 Å². The Hall–Kier alpha value is -3.48. The van der Waals surface area contributed by atoms with Gasteiger partial charge in [-0.1, -0.05) is 24.3 Å². The number of anilines is 1. The van der Waals surface area contributed by atoms with E-state index in [0.717, 1.165) is 0 Å². The minimum absolute atomic E-state index is 0.223. The number of hydrogen-bond donors (Lipinski definition) is 1. The van der Waals surface area contributed by atoms with Gasteiger partial charge in [0.2, 0.25) is 5.75 Å². The van der Waals surface area contributed by atoms with Gasteiger partial charge in [-0.3, -0.25) is 9.36 Å². The highest BCUT2D eigenvalue weighted by Crippen LogP contribution is 2.39. The third kappa shape index (κ3) is 3.78.